The van der Waals surface area contributed by atoms with Gasteiger partial charge in [0.25, 0.3) is 0 Å². The summed E-state index contributed by atoms with van der Waals surface area (Å²) in [6.07, 6.45) is 1.19. The molecule has 0 spiro atoms. The van der Waals surface area contributed by atoms with Crippen LogP contribution in [0.1, 0.15) is 24.5 Å². The van der Waals surface area contributed by atoms with Crippen molar-refractivity contribution >= 4 is 6.09 Å². The zero-order valence-corrected chi connectivity index (χ0v) is 9.23. The van der Waals surface area contributed by atoms with E-state index in [0.29, 0.717) is 6.54 Å². The molecule has 1 aromatic rings. The van der Waals surface area contributed by atoms with Crippen molar-refractivity contribution in [3.05, 3.63) is 35.4 Å². The fourth-order valence-electron chi connectivity index (χ4n) is 1.55. The minimum absolute atomic E-state index is 0.464. The highest BCUT2D eigenvalue weighted by Crippen LogP contribution is 2.13. The van der Waals surface area contributed by atoms with Gasteiger partial charge in [0.15, 0.2) is 0 Å². The first-order chi connectivity index (χ1) is 7.15. The van der Waals surface area contributed by atoms with E-state index in [9.17, 15) is 4.79 Å². The van der Waals surface area contributed by atoms with Crippen LogP contribution in [0.2, 0.25) is 0 Å². The molecule has 1 amide bonds. The highest BCUT2D eigenvalue weighted by Gasteiger charge is 2.08. The smallest absolute Gasteiger partial charge is 0.407 e. The lowest BCUT2D eigenvalue weighted by Crippen LogP contribution is -2.24. The predicted octanol–water partition coefficient (Wildman–Crippen LogP) is 2.75. The SMILES string of the molecule is CCCc1ccccc1CN(C)C(=O)O. The van der Waals surface area contributed by atoms with Crippen molar-refractivity contribution in [2.24, 2.45) is 0 Å². The van der Waals surface area contributed by atoms with Crippen LogP contribution in [0.3, 0.4) is 0 Å². The van der Waals surface area contributed by atoms with E-state index in [1.54, 1.807) is 7.05 Å². The van der Waals surface area contributed by atoms with Crippen LogP contribution in [0.4, 0.5) is 4.79 Å². The third-order valence-corrected chi connectivity index (χ3v) is 2.37. The van der Waals surface area contributed by atoms with Crippen molar-refractivity contribution in [2.75, 3.05) is 7.05 Å². The molecule has 1 aromatic carbocycles. The van der Waals surface area contributed by atoms with Crippen molar-refractivity contribution in [2.45, 2.75) is 26.3 Å². The molecular formula is C12H17NO2. The molecule has 0 bridgehead atoms. The third kappa shape index (κ3) is 3.27. The van der Waals surface area contributed by atoms with E-state index in [2.05, 4.69) is 13.0 Å². The summed E-state index contributed by atoms with van der Waals surface area (Å²) < 4.78 is 0. The lowest BCUT2D eigenvalue weighted by Gasteiger charge is -2.15. The summed E-state index contributed by atoms with van der Waals surface area (Å²) in [5, 5.41) is 8.79. The maximum absolute atomic E-state index is 10.7. The van der Waals surface area contributed by atoms with Gasteiger partial charge in [0.1, 0.15) is 0 Å². The van der Waals surface area contributed by atoms with Crippen LogP contribution in [0.15, 0.2) is 24.3 Å². The summed E-state index contributed by atoms with van der Waals surface area (Å²) in [4.78, 5) is 12.0. The van der Waals surface area contributed by atoms with Crippen molar-refractivity contribution in [1.82, 2.24) is 4.90 Å². The molecule has 82 valence electrons. The average Bonchev–Trinajstić information content (AvgIpc) is 2.21. The maximum atomic E-state index is 10.7. The zero-order chi connectivity index (χ0) is 11.3. The summed E-state index contributed by atoms with van der Waals surface area (Å²) >= 11 is 0. The van der Waals surface area contributed by atoms with E-state index in [1.807, 2.05) is 18.2 Å². The monoisotopic (exact) mass is 207 g/mol. The lowest BCUT2D eigenvalue weighted by atomic mass is 10.0. The molecular weight excluding hydrogens is 190 g/mol. The molecule has 0 radical (unpaired) electrons. The number of amides is 1. The Kier molecular flexibility index (Phi) is 4.16. The topological polar surface area (TPSA) is 40.5 Å². The third-order valence-electron chi connectivity index (χ3n) is 2.37. The molecule has 0 fully saturated rings. The number of carbonyl (C=O) groups is 1. The molecule has 1 N–H and O–H groups in total. The zero-order valence-electron chi connectivity index (χ0n) is 9.23. The Labute approximate surface area is 90.3 Å². The summed E-state index contributed by atoms with van der Waals surface area (Å²) in [5.41, 5.74) is 2.34. The van der Waals surface area contributed by atoms with Gasteiger partial charge in [-0.05, 0) is 17.5 Å². The van der Waals surface area contributed by atoms with Crippen LogP contribution in [0.25, 0.3) is 0 Å². The second-order valence-electron chi connectivity index (χ2n) is 3.66. The Hall–Kier alpha value is -1.51. The number of nitrogens with zero attached hydrogens (tertiary/aromatic N) is 1. The van der Waals surface area contributed by atoms with Crippen LogP contribution >= 0.6 is 0 Å². The normalized spacial score (nSPS) is 10.0. The minimum Gasteiger partial charge on any atom is -0.465 e. The Morgan fingerprint density at radius 2 is 1.93 bits per heavy atom. The first-order valence-electron chi connectivity index (χ1n) is 5.16. The van der Waals surface area contributed by atoms with Crippen molar-refractivity contribution in [3.8, 4) is 0 Å². The van der Waals surface area contributed by atoms with Crippen LogP contribution in [-0.4, -0.2) is 23.1 Å². The van der Waals surface area contributed by atoms with Gasteiger partial charge in [0.05, 0.1) is 0 Å². The molecule has 0 aliphatic carbocycles. The molecule has 1 rings (SSSR count). The van der Waals surface area contributed by atoms with E-state index < -0.39 is 6.09 Å². The quantitative estimate of drug-likeness (QED) is 0.824. The molecule has 3 heteroatoms. The van der Waals surface area contributed by atoms with E-state index in [-0.39, 0.29) is 0 Å². The fourth-order valence-corrected chi connectivity index (χ4v) is 1.55. The van der Waals surface area contributed by atoms with E-state index in [1.165, 1.54) is 10.5 Å². The Bertz CT molecular complexity index is 336. The van der Waals surface area contributed by atoms with E-state index in [4.69, 9.17) is 5.11 Å². The first-order valence-corrected chi connectivity index (χ1v) is 5.16. The van der Waals surface area contributed by atoms with Gasteiger partial charge < -0.3 is 10.0 Å². The number of benzene rings is 1. The number of carboxylic acid groups (broad SMARTS) is 1. The number of hydrogen-bond donors (Lipinski definition) is 1. The first kappa shape index (κ1) is 11.6. The highest BCUT2D eigenvalue weighted by molar-refractivity contribution is 5.64. The van der Waals surface area contributed by atoms with Crippen LogP contribution < -0.4 is 0 Å². The van der Waals surface area contributed by atoms with Gasteiger partial charge in [-0.15, -0.1) is 0 Å². The second kappa shape index (κ2) is 5.39. The van der Waals surface area contributed by atoms with Crippen LogP contribution in [0, 0.1) is 0 Å². The molecule has 0 aliphatic rings. The molecule has 0 aromatic heterocycles. The van der Waals surface area contributed by atoms with E-state index in [0.717, 1.165) is 18.4 Å². The average molecular weight is 207 g/mol. The predicted molar refractivity (Wildman–Crippen MR) is 59.9 cm³/mol. The molecule has 0 atom stereocenters. The highest BCUT2D eigenvalue weighted by atomic mass is 16.4. The van der Waals surface area contributed by atoms with Gasteiger partial charge in [0, 0.05) is 13.6 Å². The van der Waals surface area contributed by atoms with Crippen molar-refractivity contribution in [3.63, 3.8) is 0 Å². The van der Waals surface area contributed by atoms with Crippen LogP contribution in [0.5, 0.6) is 0 Å². The molecule has 0 unspecified atom stereocenters. The summed E-state index contributed by atoms with van der Waals surface area (Å²) in [6.45, 7) is 2.59. The number of hydrogen-bond acceptors (Lipinski definition) is 1. The van der Waals surface area contributed by atoms with Gasteiger partial charge in [-0.2, -0.15) is 0 Å². The molecule has 15 heavy (non-hydrogen) atoms. The molecule has 0 heterocycles. The molecule has 0 saturated carbocycles. The molecule has 0 aliphatic heterocycles. The van der Waals surface area contributed by atoms with Gasteiger partial charge in [-0.25, -0.2) is 4.79 Å². The maximum Gasteiger partial charge on any atom is 0.407 e. The Morgan fingerprint density at radius 1 is 1.33 bits per heavy atom. The van der Waals surface area contributed by atoms with E-state index >= 15 is 0 Å². The number of aryl methyl sites for hydroxylation is 1. The summed E-state index contributed by atoms with van der Waals surface area (Å²) in [5.74, 6) is 0. The summed E-state index contributed by atoms with van der Waals surface area (Å²) in [7, 11) is 1.59. The lowest BCUT2D eigenvalue weighted by molar-refractivity contribution is 0.153. The van der Waals surface area contributed by atoms with Gasteiger partial charge in [-0.1, -0.05) is 37.6 Å². The van der Waals surface area contributed by atoms with Crippen molar-refractivity contribution in [1.29, 1.82) is 0 Å². The Balaban J connectivity index is 2.79. The minimum atomic E-state index is -0.888. The van der Waals surface area contributed by atoms with Gasteiger partial charge in [-0.3, -0.25) is 0 Å². The largest absolute Gasteiger partial charge is 0.465 e. The van der Waals surface area contributed by atoms with Gasteiger partial charge in [0.2, 0.25) is 0 Å². The number of rotatable bonds is 4. The van der Waals surface area contributed by atoms with Crippen molar-refractivity contribution < 1.29 is 9.90 Å². The summed E-state index contributed by atoms with van der Waals surface area (Å²) in [6, 6.07) is 8.00. The fraction of sp³-hybridized carbons (Fsp3) is 0.417. The molecule has 0 saturated heterocycles. The second-order valence-corrected chi connectivity index (χ2v) is 3.66. The molecule has 3 nitrogen and oxygen atoms in total. The Morgan fingerprint density at radius 3 is 2.47 bits per heavy atom. The van der Waals surface area contributed by atoms with Gasteiger partial charge >= 0.3 is 6.09 Å². The van der Waals surface area contributed by atoms with Crippen LogP contribution in [-0.2, 0) is 13.0 Å². The standard InChI is InChI=1S/C12H17NO2/c1-3-6-10-7-4-5-8-11(10)9-13(2)12(14)15/h4-5,7-8H,3,6,9H2,1-2H3,(H,14,15).